The Kier molecular flexibility index (Phi) is 3.71. The van der Waals surface area contributed by atoms with E-state index in [-0.39, 0.29) is 5.92 Å². The number of hydrogen-bond acceptors (Lipinski definition) is 2. The number of aromatic nitrogens is 1. The van der Waals surface area contributed by atoms with Crippen molar-refractivity contribution in [3.63, 3.8) is 0 Å². The van der Waals surface area contributed by atoms with E-state index in [1.54, 1.807) is 12.3 Å². The van der Waals surface area contributed by atoms with Crippen molar-refractivity contribution in [1.29, 1.82) is 0 Å². The molecular formula is C9H11BrClNO. The third-order valence-electron chi connectivity index (χ3n) is 1.78. The summed E-state index contributed by atoms with van der Waals surface area (Å²) in [5.41, 5.74) is 0.738. The smallest absolute Gasteiger partial charge is 0.111 e. The van der Waals surface area contributed by atoms with E-state index in [2.05, 4.69) is 20.9 Å². The molecule has 0 radical (unpaired) electrons. The van der Waals surface area contributed by atoms with Crippen LogP contribution in [0.2, 0.25) is 5.02 Å². The lowest BCUT2D eigenvalue weighted by atomic mass is 10.0. The molecule has 0 aliphatic carbocycles. The molecule has 13 heavy (non-hydrogen) atoms. The van der Waals surface area contributed by atoms with E-state index in [0.717, 1.165) is 5.56 Å². The molecule has 0 fully saturated rings. The average Bonchev–Trinajstić information content (AvgIpc) is 2.08. The Balaban J connectivity index is 3.05. The van der Waals surface area contributed by atoms with Gasteiger partial charge in [0.05, 0.1) is 11.1 Å². The van der Waals surface area contributed by atoms with E-state index in [0.29, 0.717) is 9.63 Å². The Labute approximate surface area is 91.1 Å². The highest BCUT2D eigenvalue weighted by atomic mass is 79.9. The Morgan fingerprint density at radius 2 is 2.15 bits per heavy atom. The molecule has 0 bridgehead atoms. The Morgan fingerprint density at radius 3 is 2.69 bits per heavy atom. The molecule has 1 N–H and O–H groups in total. The first kappa shape index (κ1) is 11.0. The number of rotatable bonds is 2. The van der Waals surface area contributed by atoms with Crippen molar-refractivity contribution in [1.82, 2.24) is 4.98 Å². The van der Waals surface area contributed by atoms with Gasteiger partial charge in [-0.15, -0.1) is 0 Å². The fraction of sp³-hybridized carbons (Fsp3) is 0.444. The van der Waals surface area contributed by atoms with Gasteiger partial charge in [0, 0.05) is 11.8 Å². The van der Waals surface area contributed by atoms with Gasteiger partial charge in [-0.1, -0.05) is 25.4 Å². The second-order valence-corrected chi connectivity index (χ2v) is 4.41. The summed E-state index contributed by atoms with van der Waals surface area (Å²) in [7, 11) is 0. The van der Waals surface area contributed by atoms with Crippen LogP contribution in [0.4, 0.5) is 0 Å². The minimum Gasteiger partial charge on any atom is -0.388 e. The van der Waals surface area contributed by atoms with Crippen LogP contribution in [0.1, 0.15) is 25.5 Å². The fourth-order valence-electron chi connectivity index (χ4n) is 1.00. The second-order valence-electron chi connectivity index (χ2n) is 3.22. The van der Waals surface area contributed by atoms with Crippen LogP contribution in [-0.2, 0) is 0 Å². The quantitative estimate of drug-likeness (QED) is 0.832. The summed E-state index contributed by atoms with van der Waals surface area (Å²) in [5, 5.41) is 10.3. The molecule has 0 amide bonds. The highest BCUT2D eigenvalue weighted by molar-refractivity contribution is 9.10. The summed E-state index contributed by atoms with van der Waals surface area (Å²) in [5.74, 6) is 0.150. The van der Waals surface area contributed by atoms with E-state index in [1.807, 2.05) is 13.8 Å². The van der Waals surface area contributed by atoms with Crippen LogP contribution in [0.25, 0.3) is 0 Å². The number of halogens is 2. The lowest BCUT2D eigenvalue weighted by Crippen LogP contribution is -2.06. The van der Waals surface area contributed by atoms with E-state index in [4.69, 9.17) is 11.6 Å². The maximum atomic E-state index is 9.77. The zero-order valence-electron chi connectivity index (χ0n) is 7.46. The van der Waals surface area contributed by atoms with Gasteiger partial charge >= 0.3 is 0 Å². The van der Waals surface area contributed by atoms with Crippen molar-refractivity contribution >= 4 is 27.5 Å². The summed E-state index contributed by atoms with van der Waals surface area (Å²) in [6.07, 6.45) is 1.02. The molecule has 72 valence electrons. The minimum atomic E-state index is -0.527. The van der Waals surface area contributed by atoms with Crippen molar-refractivity contribution in [2.24, 2.45) is 5.92 Å². The molecule has 1 heterocycles. The van der Waals surface area contributed by atoms with Crippen molar-refractivity contribution in [3.05, 3.63) is 27.5 Å². The Morgan fingerprint density at radius 1 is 1.54 bits per heavy atom. The largest absolute Gasteiger partial charge is 0.388 e. The number of hydrogen-bond donors (Lipinski definition) is 1. The van der Waals surface area contributed by atoms with Gasteiger partial charge in [-0.2, -0.15) is 0 Å². The zero-order valence-corrected chi connectivity index (χ0v) is 9.80. The van der Waals surface area contributed by atoms with Crippen LogP contribution < -0.4 is 0 Å². The summed E-state index contributed by atoms with van der Waals surface area (Å²) < 4.78 is 0.651. The second kappa shape index (κ2) is 4.40. The first-order chi connectivity index (χ1) is 6.02. The van der Waals surface area contributed by atoms with Crippen LogP contribution in [0, 0.1) is 5.92 Å². The summed E-state index contributed by atoms with van der Waals surface area (Å²) in [4.78, 5) is 4.01. The van der Waals surface area contributed by atoms with Gasteiger partial charge in [0.1, 0.15) is 4.60 Å². The fourth-order valence-corrected chi connectivity index (χ4v) is 1.62. The van der Waals surface area contributed by atoms with E-state index >= 15 is 0 Å². The highest BCUT2D eigenvalue weighted by Crippen LogP contribution is 2.28. The van der Waals surface area contributed by atoms with Crippen LogP contribution in [-0.4, -0.2) is 10.1 Å². The third-order valence-corrected chi connectivity index (χ3v) is 2.65. The summed E-state index contributed by atoms with van der Waals surface area (Å²) in [6, 6.07) is 1.73. The number of pyridine rings is 1. The van der Waals surface area contributed by atoms with E-state index < -0.39 is 6.10 Å². The van der Waals surface area contributed by atoms with Crippen molar-refractivity contribution in [2.45, 2.75) is 20.0 Å². The average molecular weight is 265 g/mol. The van der Waals surface area contributed by atoms with Crippen LogP contribution in [0.5, 0.6) is 0 Å². The molecule has 1 aromatic rings. The van der Waals surface area contributed by atoms with Crippen LogP contribution in [0.3, 0.4) is 0 Å². The molecule has 0 aliphatic heterocycles. The normalized spacial score (nSPS) is 13.4. The first-order valence-corrected chi connectivity index (χ1v) is 5.18. The highest BCUT2D eigenvalue weighted by Gasteiger charge is 2.16. The maximum absolute atomic E-state index is 9.77. The predicted molar refractivity (Wildman–Crippen MR) is 56.7 cm³/mol. The van der Waals surface area contributed by atoms with Gasteiger partial charge in [0.15, 0.2) is 0 Å². The molecule has 2 nitrogen and oxygen atoms in total. The van der Waals surface area contributed by atoms with Crippen LogP contribution in [0.15, 0.2) is 16.9 Å². The van der Waals surface area contributed by atoms with Crippen molar-refractivity contribution < 1.29 is 5.11 Å². The number of nitrogens with zero attached hydrogens (tertiary/aromatic N) is 1. The van der Waals surface area contributed by atoms with Crippen molar-refractivity contribution in [2.75, 3.05) is 0 Å². The standard InChI is InChI=1S/C9H11BrClNO/c1-5(2)8(13)7-3-6(11)4-12-9(7)10/h3-5,8,13H,1-2H3. The lowest BCUT2D eigenvalue weighted by Gasteiger charge is -2.15. The first-order valence-electron chi connectivity index (χ1n) is 4.01. The minimum absolute atomic E-state index is 0.150. The zero-order chi connectivity index (χ0) is 10.0. The summed E-state index contributed by atoms with van der Waals surface area (Å²) in [6.45, 7) is 3.88. The van der Waals surface area contributed by atoms with Crippen LogP contribution >= 0.6 is 27.5 Å². The van der Waals surface area contributed by atoms with Gasteiger partial charge in [0.2, 0.25) is 0 Å². The Bertz CT molecular complexity index is 304. The van der Waals surface area contributed by atoms with Gasteiger partial charge in [-0.05, 0) is 27.9 Å². The van der Waals surface area contributed by atoms with Crippen molar-refractivity contribution in [3.8, 4) is 0 Å². The predicted octanol–water partition coefficient (Wildman–Crippen LogP) is 3.19. The van der Waals surface area contributed by atoms with Gasteiger partial charge < -0.3 is 5.11 Å². The molecule has 1 unspecified atom stereocenters. The van der Waals surface area contributed by atoms with Gasteiger partial charge in [0.25, 0.3) is 0 Å². The maximum Gasteiger partial charge on any atom is 0.111 e. The molecule has 0 saturated heterocycles. The molecule has 0 aromatic carbocycles. The SMILES string of the molecule is CC(C)C(O)c1cc(Cl)cnc1Br. The number of aliphatic hydroxyl groups is 1. The van der Waals surface area contributed by atoms with E-state index in [9.17, 15) is 5.11 Å². The monoisotopic (exact) mass is 263 g/mol. The van der Waals surface area contributed by atoms with Gasteiger partial charge in [-0.25, -0.2) is 4.98 Å². The number of aliphatic hydroxyl groups excluding tert-OH is 1. The summed E-state index contributed by atoms with van der Waals surface area (Å²) >= 11 is 9.04. The molecule has 1 aromatic heterocycles. The van der Waals surface area contributed by atoms with E-state index in [1.165, 1.54) is 0 Å². The lowest BCUT2D eigenvalue weighted by molar-refractivity contribution is 0.126. The molecule has 1 atom stereocenters. The molecule has 0 aliphatic rings. The molecular weight excluding hydrogens is 253 g/mol. The Hall–Kier alpha value is -0.120. The molecule has 4 heteroatoms. The topological polar surface area (TPSA) is 33.1 Å². The molecule has 0 spiro atoms. The third kappa shape index (κ3) is 2.66. The molecule has 0 saturated carbocycles. The molecule has 1 rings (SSSR count). The van der Waals surface area contributed by atoms with Gasteiger partial charge in [-0.3, -0.25) is 0 Å².